The van der Waals surface area contributed by atoms with E-state index in [1.54, 1.807) is 6.07 Å². The van der Waals surface area contributed by atoms with Gasteiger partial charge in [-0.15, -0.1) is 0 Å². The van der Waals surface area contributed by atoms with Gasteiger partial charge in [-0.05, 0) is 6.07 Å². The van der Waals surface area contributed by atoms with Crippen molar-refractivity contribution in [2.24, 2.45) is 5.10 Å². The van der Waals surface area contributed by atoms with E-state index in [0.29, 0.717) is 5.56 Å². The first-order valence-corrected chi connectivity index (χ1v) is 4.99. The first-order valence-electron chi connectivity index (χ1n) is 3.10. The zero-order valence-electron chi connectivity index (χ0n) is 6.39. The summed E-state index contributed by atoms with van der Waals surface area (Å²) in [6.07, 6.45) is 5.31. The van der Waals surface area contributed by atoms with Crippen LogP contribution < -0.4 is 4.83 Å². The third-order valence-electron chi connectivity index (χ3n) is 0.975. The summed E-state index contributed by atoms with van der Waals surface area (Å²) in [5.74, 6) is 0. The molecule has 0 aliphatic heterocycles. The van der Waals surface area contributed by atoms with E-state index in [2.05, 4.69) is 5.10 Å². The van der Waals surface area contributed by atoms with E-state index >= 15 is 0 Å². The lowest BCUT2D eigenvalue weighted by atomic mass is 10.4. The highest BCUT2D eigenvalue weighted by Gasteiger charge is 1.94. The van der Waals surface area contributed by atoms with Gasteiger partial charge in [-0.3, -0.25) is 0 Å². The van der Waals surface area contributed by atoms with Crippen LogP contribution in [0.15, 0.2) is 28.1 Å². The number of nitrogens with one attached hydrogen (secondary N) is 1. The summed E-state index contributed by atoms with van der Waals surface area (Å²) in [6, 6.07) is 1.66. The lowest BCUT2D eigenvalue weighted by Crippen LogP contribution is -2.15. The number of rotatable bonds is 3. The summed E-state index contributed by atoms with van der Waals surface area (Å²) in [5.41, 5.74) is 0.700. The van der Waals surface area contributed by atoms with Crippen molar-refractivity contribution in [2.75, 3.05) is 6.26 Å². The Morgan fingerprint density at radius 3 is 2.92 bits per heavy atom. The molecular weight excluding hydrogens is 180 g/mol. The number of furan rings is 1. The molecule has 0 fully saturated rings. The maximum absolute atomic E-state index is 10.5. The molecule has 0 aliphatic rings. The second-order valence-electron chi connectivity index (χ2n) is 2.18. The van der Waals surface area contributed by atoms with Crippen LogP contribution >= 0.6 is 0 Å². The molecule has 0 unspecified atom stereocenters. The zero-order chi connectivity index (χ0) is 9.03. The van der Waals surface area contributed by atoms with Gasteiger partial charge in [0.2, 0.25) is 10.0 Å². The van der Waals surface area contributed by atoms with Crippen molar-refractivity contribution < 1.29 is 12.8 Å². The monoisotopic (exact) mass is 188 g/mol. The topological polar surface area (TPSA) is 71.7 Å². The van der Waals surface area contributed by atoms with E-state index in [9.17, 15) is 8.42 Å². The molecule has 1 heterocycles. The van der Waals surface area contributed by atoms with E-state index in [4.69, 9.17) is 4.42 Å². The average Bonchev–Trinajstić information content (AvgIpc) is 2.36. The van der Waals surface area contributed by atoms with Gasteiger partial charge in [0.15, 0.2) is 0 Å². The Morgan fingerprint density at radius 1 is 1.67 bits per heavy atom. The van der Waals surface area contributed by atoms with E-state index in [1.165, 1.54) is 18.7 Å². The van der Waals surface area contributed by atoms with Gasteiger partial charge < -0.3 is 4.42 Å². The molecule has 0 amide bonds. The van der Waals surface area contributed by atoms with Crippen molar-refractivity contribution in [3.05, 3.63) is 24.2 Å². The quantitative estimate of drug-likeness (QED) is 0.542. The second kappa shape index (κ2) is 3.40. The van der Waals surface area contributed by atoms with Crippen LogP contribution in [0.2, 0.25) is 0 Å². The Morgan fingerprint density at radius 2 is 2.42 bits per heavy atom. The number of hydrogen-bond donors (Lipinski definition) is 1. The summed E-state index contributed by atoms with van der Waals surface area (Å²) in [5, 5.41) is 3.46. The van der Waals surface area contributed by atoms with Crippen molar-refractivity contribution in [3.8, 4) is 0 Å². The van der Waals surface area contributed by atoms with E-state index in [0.717, 1.165) is 6.26 Å². The van der Waals surface area contributed by atoms with Gasteiger partial charge in [-0.25, -0.2) is 13.2 Å². The molecule has 0 aromatic carbocycles. The van der Waals surface area contributed by atoms with Crippen LogP contribution in [0.5, 0.6) is 0 Å². The third-order valence-corrected chi connectivity index (χ3v) is 1.41. The standard InChI is InChI=1S/C6H8N2O3S/c1-12(9,10)8-7-4-6-2-3-11-5-6/h2-5,8H,1H3/b7-4+. The minimum absolute atomic E-state index is 0.700. The fourth-order valence-corrected chi connectivity index (χ4v) is 0.789. The highest BCUT2D eigenvalue weighted by atomic mass is 32.2. The molecular formula is C6H8N2O3S. The molecule has 0 saturated carbocycles. The average molecular weight is 188 g/mol. The molecule has 0 radical (unpaired) electrons. The second-order valence-corrected chi connectivity index (χ2v) is 3.91. The first-order chi connectivity index (χ1) is 5.58. The molecule has 1 aromatic rings. The number of hydrazone groups is 1. The van der Waals surface area contributed by atoms with Gasteiger partial charge in [0.05, 0.1) is 25.0 Å². The van der Waals surface area contributed by atoms with Crippen molar-refractivity contribution in [1.29, 1.82) is 0 Å². The molecule has 6 heteroatoms. The molecule has 0 atom stereocenters. The van der Waals surface area contributed by atoms with Crippen LogP contribution in [0.3, 0.4) is 0 Å². The maximum atomic E-state index is 10.5. The summed E-state index contributed by atoms with van der Waals surface area (Å²) in [6.45, 7) is 0. The van der Waals surface area contributed by atoms with E-state index in [1.807, 2.05) is 4.83 Å². The predicted molar refractivity (Wildman–Crippen MR) is 44.3 cm³/mol. The van der Waals surface area contributed by atoms with Crippen LogP contribution in [-0.4, -0.2) is 20.9 Å². The molecule has 0 aliphatic carbocycles. The van der Waals surface area contributed by atoms with Crippen LogP contribution in [0.1, 0.15) is 5.56 Å². The Bertz CT molecular complexity index is 352. The SMILES string of the molecule is CS(=O)(=O)N/N=C/c1ccoc1. The van der Waals surface area contributed by atoms with Crippen LogP contribution in [0, 0.1) is 0 Å². The Hall–Kier alpha value is -1.30. The van der Waals surface area contributed by atoms with Gasteiger partial charge in [-0.1, -0.05) is 0 Å². The van der Waals surface area contributed by atoms with Crippen molar-refractivity contribution in [1.82, 2.24) is 4.83 Å². The highest BCUT2D eigenvalue weighted by Crippen LogP contribution is 1.94. The first kappa shape index (κ1) is 8.79. The van der Waals surface area contributed by atoms with Gasteiger partial charge in [0.25, 0.3) is 0 Å². The Labute approximate surface area is 70.1 Å². The molecule has 1 N–H and O–H groups in total. The zero-order valence-corrected chi connectivity index (χ0v) is 7.21. The Kier molecular flexibility index (Phi) is 2.49. The molecule has 5 nitrogen and oxygen atoms in total. The number of hydrogen-bond acceptors (Lipinski definition) is 4. The molecule has 1 rings (SSSR count). The normalized spacial score (nSPS) is 12.1. The largest absolute Gasteiger partial charge is 0.472 e. The van der Waals surface area contributed by atoms with Gasteiger partial charge in [0, 0.05) is 5.56 Å². The van der Waals surface area contributed by atoms with Crippen molar-refractivity contribution in [2.45, 2.75) is 0 Å². The Balaban J connectivity index is 2.54. The molecule has 0 spiro atoms. The fraction of sp³-hybridized carbons (Fsp3) is 0.167. The van der Waals surface area contributed by atoms with Gasteiger partial charge in [0.1, 0.15) is 0 Å². The van der Waals surface area contributed by atoms with E-state index in [-0.39, 0.29) is 0 Å². The summed E-state index contributed by atoms with van der Waals surface area (Å²) >= 11 is 0. The minimum Gasteiger partial charge on any atom is -0.472 e. The fourth-order valence-electron chi connectivity index (χ4n) is 0.545. The van der Waals surface area contributed by atoms with Crippen LogP contribution in [0.25, 0.3) is 0 Å². The summed E-state index contributed by atoms with van der Waals surface area (Å²) in [4.78, 5) is 1.96. The maximum Gasteiger partial charge on any atom is 0.244 e. The summed E-state index contributed by atoms with van der Waals surface area (Å²) < 4.78 is 25.8. The predicted octanol–water partition coefficient (Wildman–Crippen LogP) is 0.163. The molecule has 12 heavy (non-hydrogen) atoms. The minimum atomic E-state index is -3.26. The molecule has 66 valence electrons. The number of sulfonamides is 1. The van der Waals surface area contributed by atoms with Gasteiger partial charge in [-0.2, -0.15) is 5.10 Å². The van der Waals surface area contributed by atoms with Crippen LogP contribution in [-0.2, 0) is 10.0 Å². The highest BCUT2D eigenvalue weighted by molar-refractivity contribution is 7.88. The summed E-state index contributed by atoms with van der Waals surface area (Å²) in [7, 11) is -3.26. The molecule has 1 aromatic heterocycles. The molecule has 0 bridgehead atoms. The van der Waals surface area contributed by atoms with E-state index < -0.39 is 10.0 Å². The third kappa shape index (κ3) is 3.20. The van der Waals surface area contributed by atoms with Crippen molar-refractivity contribution >= 4 is 16.2 Å². The number of nitrogens with zero attached hydrogens (tertiary/aromatic N) is 1. The molecule has 0 saturated heterocycles. The van der Waals surface area contributed by atoms with Gasteiger partial charge >= 0.3 is 0 Å². The van der Waals surface area contributed by atoms with Crippen LogP contribution in [0.4, 0.5) is 0 Å². The smallest absolute Gasteiger partial charge is 0.244 e. The van der Waals surface area contributed by atoms with Crippen molar-refractivity contribution in [3.63, 3.8) is 0 Å². The lowest BCUT2D eigenvalue weighted by molar-refractivity contribution is 0.567. The lowest BCUT2D eigenvalue weighted by Gasteiger charge is -1.91.